The third-order valence-corrected chi connectivity index (χ3v) is 1.55. The number of ether oxygens (including phenoxy) is 1. The van der Waals surface area contributed by atoms with Gasteiger partial charge in [0.1, 0.15) is 0 Å². The van der Waals surface area contributed by atoms with E-state index < -0.39 is 6.09 Å². The van der Waals surface area contributed by atoms with Gasteiger partial charge in [-0.25, -0.2) is 4.79 Å². The lowest BCUT2D eigenvalue weighted by atomic mass is 10.3. The molecule has 0 heterocycles. The Hall–Kier alpha value is -2.04. The SMILES string of the molecule is CCOC(=O)NC(=N)Nc1ccccc1. The molecule has 80 valence electrons. The van der Waals surface area contributed by atoms with Gasteiger partial charge < -0.3 is 10.1 Å². The molecule has 5 heteroatoms. The van der Waals surface area contributed by atoms with Crippen LogP contribution in [0.5, 0.6) is 0 Å². The van der Waals surface area contributed by atoms with Gasteiger partial charge in [-0.3, -0.25) is 10.7 Å². The Labute approximate surface area is 88.0 Å². The third-order valence-electron chi connectivity index (χ3n) is 1.55. The highest BCUT2D eigenvalue weighted by Gasteiger charge is 2.03. The summed E-state index contributed by atoms with van der Waals surface area (Å²) in [6.07, 6.45) is -0.633. The number of rotatable bonds is 2. The first-order chi connectivity index (χ1) is 7.22. The van der Waals surface area contributed by atoms with E-state index in [9.17, 15) is 4.79 Å². The molecule has 3 N–H and O–H groups in total. The Bertz CT molecular complexity index is 338. The Kier molecular flexibility index (Phi) is 4.15. The number of benzene rings is 1. The third kappa shape index (κ3) is 4.12. The molecule has 0 aliphatic carbocycles. The van der Waals surface area contributed by atoms with Crippen LogP contribution in [0.25, 0.3) is 0 Å². The van der Waals surface area contributed by atoms with Crippen molar-refractivity contribution in [1.82, 2.24) is 5.32 Å². The molecule has 1 aromatic rings. The number of guanidine groups is 1. The van der Waals surface area contributed by atoms with Crippen LogP contribution in [0.2, 0.25) is 0 Å². The molecule has 0 aliphatic heterocycles. The van der Waals surface area contributed by atoms with Gasteiger partial charge in [0, 0.05) is 5.69 Å². The van der Waals surface area contributed by atoms with E-state index in [1.54, 1.807) is 19.1 Å². The van der Waals surface area contributed by atoms with E-state index in [1.165, 1.54) is 0 Å². The lowest BCUT2D eigenvalue weighted by Gasteiger charge is -2.08. The number of hydrogen-bond donors (Lipinski definition) is 3. The summed E-state index contributed by atoms with van der Waals surface area (Å²) in [7, 11) is 0. The molecule has 0 saturated carbocycles. The van der Waals surface area contributed by atoms with Gasteiger partial charge in [0.25, 0.3) is 0 Å². The van der Waals surface area contributed by atoms with Crippen molar-refractivity contribution >= 4 is 17.7 Å². The Morgan fingerprint density at radius 3 is 2.67 bits per heavy atom. The van der Waals surface area contributed by atoms with Crippen molar-refractivity contribution in [2.75, 3.05) is 11.9 Å². The van der Waals surface area contributed by atoms with Crippen molar-refractivity contribution in [3.05, 3.63) is 30.3 Å². The van der Waals surface area contributed by atoms with Gasteiger partial charge in [0.15, 0.2) is 0 Å². The zero-order chi connectivity index (χ0) is 11.1. The number of amides is 1. The zero-order valence-corrected chi connectivity index (χ0v) is 8.41. The van der Waals surface area contributed by atoms with Crippen LogP contribution in [0.3, 0.4) is 0 Å². The summed E-state index contributed by atoms with van der Waals surface area (Å²) in [6, 6.07) is 9.12. The molecule has 1 amide bonds. The van der Waals surface area contributed by atoms with Gasteiger partial charge in [-0.15, -0.1) is 0 Å². The highest BCUT2D eigenvalue weighted by Crippen LogP contribution is 2.03. The second-order valence-electron chi connectivity index (χ2n) is 2.71. The molecule has 0 saturated heterocycles. The van der Waals surface area contributed by atoms with Crippen molar-refractivity contribution in [3.63, 3.8) is 0 Å². The zero-order valence-electron chi connectivity index (χ0n) is 8.41. The molecule has 0 fully saturated rings. The second kappa shape index (κ2) is 5.64. The average molecular weight is 207 g/mol. The predicted octanol–water partition coefficient (Wildman–Crippen LogP) is 1.78. The number of alkyl carbamates (subject to hydrolysis) is 1. The molecule has 0 spiro atoms. The summed E-state index contributed by atoms with van der Waals surface area (Å²) < 4.78 is 4.62. The first-order valence-corrected chi connectivity index (χ1v) is 4.56. The summed E-state index contributed by atoms with van der Waals surface area (Å²) in [6.45, 7) is 1.98. The van der Waals surface area contributed by atoms with Gasteiger partial charge in [0.2, 0.25) is 5.96 Å². The van der Waals surface area contributed by atoms with Gasteiger partial charge in [-0.2, -0.15) is 0 Å². The predicted molar refractivity (Wildman–Crippen MR) is 57.9 cm³/mol. The molecular weight excluding hydrogens is 194 g/mol. The van der Waals surface area contributed by atoms with E-state index >= 15 is 0 Å². The molecule has 0 aliphatic rings. The molecule has 0 bridgehead atoms. The number of nitrogens with one attached hydrogen (secondary N) is 3. The highest BCUT2D eigenvalue weighted by molar-refractivity contribution is 6.00. The molecule has 0 atom stereocenters. The van der Waals surface area contributed by atoms with Crippen LogP contribution in [0.15, 0.2) is 30.3 Å². The lowest BCUT2D eigenvalue weighted by Crippen LogP contribution is -2.35. The molecule has 0 radical (unpaired) electrons. The van der Waals surface area contributed by atoms with Gasteiger partial charge in [-0.05, 0) is 19.1 Å². The van der Waals surface area contributed by atoms with Crippen LogP contribution in [-0.4, -0.2) is 18.7 Å². The van der Waals surface area contributed by atoms with Crippen LogP contribution in [0, 0.1) is 5.41 Å². The first kappa shape index (κ1) is 11.0. The molecule has 1 aromatic carbocycles. The summed E-state index contributed by atoms with van der Waals surface area (Å²) in [5.74, 6) is -0.111. The maximum Gasteiger partial charge on any atom is 0.413 e. The number of carbonyl (C=O) groups excluding carboxylic acids is 1. The van der Waals surface area contributed by atoms with Crippen LogP contribution in [0.4, 0.5) is 10.5 Å². The largest absolute Gasteiger partial charge is 0.450 e. The number of anilines is 1. The maximum atomic E-state index is 10.9. The Morgan fingerprint density at radius 1 is 1.40 bits per heavy atom. The fourth-order valence-corrected chi connectivity index (χ4v) is 0.966. The fourth-order valence-electron chi connectivity index (χ4n) is 0.966. The smallest absolute Gasteiger partial charge is 0.413 e. The summed E-state index contributed by atoms with van der Waals surface area (Å²) >= 11 is 0. The van der Waals surface area contributed by atoms with Crippen molar-refractivity contribution in [2.45, 2.75) is 6.92 Å². The van der Waals surface area contributed by atoms with Crippen LogP contribution in [-0.2, 0) is 4.74 Å². The minimum Gasteiger partial charge on any atom is -0.450 e. The molecule has 0 unspecified atom stereocenters. The van der Waals surface area contributed by atoms with Gasteiger partial charge in [-0.1, -0.05) is 18.2 Å². The van der Waals surface area contributed by atoms with Crippen molar-refractivity contribution < 1.29 is 9.53 Å². The van der Waals surface area contributed by atoms with Crippen molar-refractivity contribution in [1.29, 1.82) is 5.41 Å². The molecular formula is C10H13N3O2. The van der Waals surface area contributed by atoms with Crippen LogP contribution < -0.4 is 10.6 Å². The quantitative estimate of drug-likeness (QED) is 0.511. The van der Waals surface area contributed by atoms with Crippen molar-refractivity contribution in [3.8, 4) is 0 Å². The van der Waals surface area contributed by atoms with E-state index in [-0.39, 0.29) is 12.6 Å². The topological polar surface area (TPSA) is 74.2 Å². The molecule has 0 aromatic heterocycles. The highest BCUT2D eigenvalue weighted by atomic mass is 16.5. The van der Waals surface area contributed by atoms with E-state index in [1.807, 2.05) is 18.2 Å². The normalized spacial score (nSPS) is 9.13. The van der Waals surface area contributed by atoms with E-state index in [0.29, 0.717) is 0 Å². The van der Waals surface area contributed by atoms with Gasteiger partial charge in [0.05, 0.1) is 6.61 Å². The standard InChI is InChI=1S/C10H13N3O2/c1-2-15-10(14)13-9(11)12-8-6-4-3-5-7-8/h3-7H,2H2,1H3,(H3,11,12,13,14). The van der Waals surface area contributed by atoms with Gasteiger partial charge >= 0.3 is 6.09 Å². The summed E-state index contributed by atoms with van der Waals surface area (Å²) in [5.41, 5.74) is 0.735. The number of hydrogen-bond acceptors (Lipinski definition) is 3. The van der Waals surface area contributed by atoms with Crippen LogP contribution >= 0.6 is 0 Å². The maximum absolute atomic E-state index is 10.9. The second-order valence-corrected chi connectivity index (χ2v) is 2.71. The molecule has 5 nitrogen and oxygen atoms in total. The van der Waals surface area contributed by atoms with E-state index in [2.05, 4.69) is 15.4 Å². The van der Waals surface area contributed by atoms with Crippen molar-refractivity contribution in [2.24, 2.45) is 0 Å². The average Bonchev–Trinajstić information content (AvgIpc) is 2.19. The Morgan fingerprint density at radius 2 is 2.07 bits per heavy atom. The molecule has 15 heavy (non-hydrogen) atoms. The van der Waals surface area contributed by atoms with E-state index in [4.69, 9.17) is 5.41 Å². The minimum absolute atomic E-state index is 0.111. The fraction of sp³-hybridized carbons (Fsp3) is 0.200. The Balaban J connectivity index is 2.40. The first-order valence-electron chi connectivity index (χ1n) is 4.56. The lowest BCUT2D eigenvalue weighted by molar-refractivity contribution is 0.157. The number of carbonyl (C=O) groups is 1. The molecule has 1 rings (SSSR count). The van der Waals surface area contributed by atoms with E-state index in [0.717, 1.165) is 5.69 Å². The minimum atomic E-state index is -0.633. The monoisotopic (exact) mass is 207 g/mol. The van der Waals surface area contributed by atoms with Crippen LogP contribution in [0.1, 0.15) is 6.92 Å². The number of para-hydroxylation sites is 1. The summed E-state index contributed by atoms with van der Waals surface area (Å²) in [5, 5.41) is 12.4. The summed E-state index contributed by atoms with van der Waals surface area (Å²) in [4.78, 5) is 10.9.